The van der Waals surface area contributed by atoms with Gasteiger partial charge in [0.2, 0.25) is 11.8 Å². The Balaban J connectivity index is 1.88. The Bertz CT molecular complexity index is 1210. The molecule has 2 atom stereocenters. The first-order valence-electron chi connectivity index (χ1n) is 13.9. The molecule has 1 aliphatic rings. The summed E-state index contributed by atoms with van der Waals surface area (Å²) in [5, 5.41) is 2.77. The smallest absolute Gasteiger partial charge is 0.329 e. The molecule has 0 spiro atoms. The summed E-state index contributed by atoms with van der Waals surface area (Å²) >= 11 is 0. The van der Waals surface area contributed by atoms with Gasteiger partial charge in [0.25, 0.3) is 0 Å². The van der Waals surface area contributed by atoms with Crippen LogP contribution in [0.5, 0.6) is 11.5 Å². The van der Waals surface area contributed by atoms with E-state index in [0.29, 0.717) is 49.4 Å². The number of nitrogens with zero attached hydrogens (tertiary/aromatic N) is 1. The van der Waals surface area contributed by atoms with Crippen LogP contribution in [-0.2, 0) is 25.5 Å². The van der Waals surface area contributed by atoms with Gasteiger partial charge < -0.3 is 24.4 Å². The van der Waals surface area contributed by atoms with Gasteiger partial charge in [-0.15, -0.1) is 0 Å². The number of carbonyl (C=O) groups excluding carboxylic acids is 3. The van der Waals surface area contributed by atoms with E-state index in [1.807, 2.05) is 51.1 Å². The average molecular weight is 551 g/mol. The third-order valence-corrected chi connectivity index (χ3v) is 7.61. The van der Waals surface area contributed by atoms with E-state index in [2.05, 4.69) is 11.9 Å². The molecule has 0 aromatic heterocycles. The third kappa shape index (κ3) is 7.64. The van der Waals surface area contributed by atoms with Crippen LogP contribution in [0.2, 0.25) is 0 Å². The highest BCUT2D eigenvalue weighted by atomic mass is 16.5. The molecule has 0 aliphatic carbocycles. The second-order valence-corrected chi connectivity index (χ2v) is 10.7. The summed E-state index contributed by atoms with van der Waals surface area (Å²) in [6.45, 7) is 9.87. The molecule has 1 saturated heterocycles. The van der Waals surface area contributed by atoms with Crippen molar-refractivity contribution in [2.45, 2.75) is 71.4 Å². The van der Waals surface area contributed by atoms with Gasteiger partial charge in [0, 0.05) is 17.6 Å². The van der Waals surface area contributed by atoms with Crippen molar-refractivity contribution in [1.82, 2.24) is 4.90 Å². The lowest BCUT2D eigenvalue weighted by Crippen LogP contribution is -2.52. The minimum absolute atomic E-state index is 0.0207. The Morgan fingerprint density at radius 2 is 1.85 bits per heavy atom. The molecule has 8 heteroatoms. The van der Waals surface area contributed by atoms with Gasteiger partial charge in [0.05, 0.1) is 14.2 Å². The van der Waals surface area contributed by atoms with Crippen molar-refractivity contribution in [1.29, 1.82) is 0 Å². The minimum atomic E-state index is -0.626. The van der Waals surface area contributed by atoms with E-state index in [9.17, 15) is 14.4 Å². The third-order valence-electron chi connectivity index (χ3n) is 7.61. The number of esters is 1. The summed E-state index contributed by atoms with van der Waals surface area (Å²) in [6.07, 6.45) is 4.66. The number of amides is 2. The summed E-state index contributed by atoms with van der Waals surface area (Å²) in [6, 6.07) is 12.3. The number of carbonyl (C=O) groups is 3. The van der Waals surface area contributed by atoms with Crippen molar-refractivity contribution in [3.8, 4) is 11.5 Å². The van der Waals surface area contributed by atoms with Crippen molar-refractivity contribution in [3.63, 3.8) is 0 Å². The lowest BCUT2D eigenvalue weighted by atomic mass is 9.86. The topological polar surface area (TPSA) is 94.2 Å². The van der Waals surface area contributed by atoms with E-state index in [1.165, 1.54) is 6.08 Å². The van der Waals surface area contributed by atoms with Crippen LogP contribution in [0.15, 0.2) is 55.1 Å². The molecule has 40 heavy (non-hydrogen) atoms. The van der Waals surface area contributed by atoms with Crippen LogP contribution in [-0.4, -0.2) is 49.5 Å². The lowest BCUT2D eigenvalue weighted by molar-refractivity contribution is -0.165. The largest absolute Gasteiger partial charge is 0.493 e. The molecule has 1 heterocycles. The fraction of sp³-hybridized carbons (Fsp3) is 0.469. The van der Waals surface area contributed by atoms with Gasteiger partial charge >= 0.3 is 5.97 Å². The normalized spacial score (nSPS) is 16.0. The number of hydrogen-bond donors (Lipinski definition) is 1. The molecule has 0 radical (unpaired) electrons. The molecule has 8 nitrogen and oxygen atoms in total. The van der Waals surface area contributed by atoms with Crippen LogP contribution >= 0.6 is 0 Å². The molecule has 1 fully saturated rings. The number of ether oxygens (including phenoxy) is 3. The number of anilines is 1. The van der Waals surface area contributed by atoms with E-state index in [0.717, 1.165) is 24.0 Å². The molecular weight excluding hydrogens is 508 g/mol. The number of piperidine rings is 1. The van der Waals surface area contributed by atoms with Gasteiger partial charge in [-0.3, -0.25) is 9.59 Å². The van der Waals surface area contributed by atoms with Gasteiger partial charge in [0.1, 0.15) is 12.1 Å². The Morgan fingerprint density at radius 1 is 1.10 bits per heavy atom. The predicted molar refractivity (Wildman–Crippen MR) is 155 cm³/mol. The molecular formula is C32H42N2O6. The first-order chi connectivity index (χ1) is 19.1. The molecule has 1 N–H and O–H groups in total. The highest BCUT2D eigenvalue weighted by molar-refractivity contribution is 5.98. The number of hydrogen-bond acceptors (Lipinski definition) is 6. The lowest BCUT2D eigenvalue weighted by Gasteiger charge is -2.39. The van der Waals surface area contributed by atoms with Crippen LogP contribution in [0.25, 0.3) is 0 Å². The second kappa shape index (κ2) is 14.0. The van der Waals surface area contributed by atoms with Crippen molar-refractivity contribution in [2.75, 3.05) is 26.1 Å². The van der Waals surface area contributed by atoms with E-state index < -0.39 is 23.5 Å². The quantitative estimate of drug-likeness (QED) is 0.263. The SMILES string of the molecule is C=CC(=O)Nc1cccc([C@@H](CCc2ccc(OC)c(OC)c2)OC(=O)[C@@H]2CCCCN2C(=O)C(C)(C)CC)c1. The number of rotatable bonds is 12. The van der Waals surface area contributed by atoms with Gasteiger partial charge in [-0.2, -0.15) is 0 Å². The van der Waals surface area contributed by atoms with Gasteiger partial charge in [-0.05, 0) is 80.0 Å². The molecule has 2 aromatic carbocycles. The maximum atomic E-state index is 13.7. The maximum Gasteiger partial charge on any atom is 0.329 e. The summed E-state index contributed by atoms with van der Waals surface area (Å²) < 4.78 is 17.0. The van der Waals surface area contributed by atoms with E-state index >= 15 is 0 Å². The fourth-order valence-electron chi connectivity index (χ4n) is 4.82. The molecule has 216 valence electrons. The standard InChI is InChI=1S/C32H42N2O6/c1-7-29(35)33-24-13-11-12-23(21-24)26(17-15-22-16-18-27(38-5)28(20-22)39-6)40-30(36)25-14-9-10-19-34(25)31(37)32(3,4)8-2/h7,11-13,16,18,20-21,25-26H,1,8-10,14-15,17,19H2,2-6H3,(H,33,35)/t25-,26+/m0/s1. The van der Waals surface area contributed by atoms with Crippen LogP contribution in [0.1, 0.15) is 70.1 Å². The van der Waals surface area contributed by atoms with Crippen LogP contribution in [0, 0.1) is 5.41 Å². The number of likely N-dealkylation sites (tertiary alicyclic amines) is 1. The average Bonchev–Trinajstić information content (AvgIpc) is 2.98. The zero-order chi connectivity index (χ0) is 29.3. The van der Waals surface area contributed by atoms with Crippen LogP contribution in [0.4, 0.5) is 5.69 Å². The van der Waals surface area contributed by atoms with Gasteiger partial charge in [-0.1, -0.05) is 45.5 Å². The molecule has 2 amide bonds. The molecule has 2 aromatic rings. The van der Waals surface area contributed by atoms with Crippen molar-refractivity contribution in [2.24, 2.45) is 5.41 Å². The monoisotopic (exact) mass is 550 g/mol. The number of aryl methyl sites for hydroxylation is 1. The fourth-order valence-corrected chi connectivity index (χ4v) is 4.82. The Kier molecular flexibility index (Phi) is 10.8. The Hall–Kier alpha value is -3.81. The van der Waals surface area contributed by atoms with Crippen molar-refractivity contribution >= 4 is 23.5 Å². The first kappa shape index (κ1) is 30.7. The summed E-state index contributed by atoms with van der Waals surface area (Å²) in [7, 11) is 3.18. The molecule has 3 rings (SSSR count). The maximum absolute atomic E-state index is 13.7. The Morgan fingerprint density at radius 3 is 2.52 bits per heavy atom. The van der Waals surface area contributed by atoms with Crippen molar-refractivity contribution < 1.29 is 28.6 Å². The number of benzene rings is 2. The van der Waals surface area contributed by atoms with Crippen LogP contribution in [0.3, 0.4) is 0 Å². The summed E-state index contributed by atoms with van der Waals surface area (Å²) in [5.74, 6) is 0.505. The summed E-state index contributed by atoms with van der Waals surface area (Å²) in [5.41, 5.74) is 1.77. The predicted octanol–water partition coefficient (Wildman–Crippen LogP) is 5.86. The minimum Gasteiger partial charge on any atom is -0.493 e. The Labute approximate surface area is 237 Å². The second-order valence-electron chi connectivity index (χ2n) is 10.7. The molecule has 0 unspecified atom stereocenters. The van der Waals surface area contributed by atoms with E-state index in [1.54, 1.807) is 31.3 Å². The number of methoxy groups -OCH3 is 2. The first-order valence-corrected chi connectivity index (χ1v) is 13.9. The zero-order valence-corrected chi connectivity index (χ0v) is 24.3. The molecule has 0 saturated carbocycles. The highest BCUT2D eigenvalue weighted by Crippen LogP contribution is 2.33. The highest BCUT2D eigenvalue weighted by Gasteiger charge is 2.39. The van der Waals surface area contributed by atoms with E-state index in [-0.39, 0.29) is 11.8 Å². The van der Waals surface area contributed by atoms with Crippen molar-refractivity contribution in [3.05, 3.63) is 66.2 Å². The van der Waals surface area contributed by atoms with Crippen LogP contribution < -0.4 is 14.8 Å². The molecule has 1 aliphatic heterocycles. The zero-order valence-electron chi connectivity index (χ0n) is 24.3. The summed E-state index contributed by atoms with van der Waals surface area (Å²) in [4.78, 5) is 40.7. The van der Waals surface area contributed by atoms with E-state index in [4.69, 9.17) is 14.2 Å². The molecule has 0 bridgehead atoms. The van der Waals surface area contributed by atoms with Gasteiger partial charge in [-0.25, -0.2) is 4.79 Å². The number of nitrogens with one attached hydrogen (secondary N) is 1. The van der Waals surface area contributed by atoms with Gasteiger partial charge in [0.15, 0.2) is 11.5 Å².